The number of hydrogen-bond donors (Lipinski definition) is 2. The van der Waals surface area contributed by atoms with Crippen LogP contribution in [0.5, 0.6) is 5.75 Å². The Kier molecular flexibility index (Phi) is 4.50. The second-order valence-electron chi connectivity index (χ2n) is 3.85. The lowest BCUT2D eigenvalue weighted by molar-refractivity contribution is 0.102. The molecular weight excluding hydrogens is 326 g/mol. The van der Waals surface area contributed by atoms with Gasteiger partial charge in [-0.3, -0.25) is 4.79 Å². The van der Waals surface area contributed by atoms with E-state index in [0.29, 0.717) is 17.0 Å². The molecule has 0 bridgehead atoms. The highest BCUT2D eigenvalue weighted by Gasteiger charge is 2.07. The van der Waals surface area contributed by atoms with Crippen molar-refractivity contribution in [3.8, 4) is 5.75 Å². The van der Waals surface area contributed by atoms with Gasteiger partial charge in [0.2, 0.25) is 0 Å². The lowest BCUT2D eigenvalue weighted by Crippen LogP contribution is -2.11. The fourth-order valence-corrected chi connectivity index (χ4v) is 2.11. The van der Waals surface area contributed by atoms with Crippen molar-refractivity contribution in [2.24, 2.45) is 0 Å². The molecule has 0 atom stereocenters. The molecular formula is C14H12BrNO2S. The zero-order valence-electron chi connectivity index (χ0n) is 10.2. The molecule has 0 saturated carbocycles. The van der Waals surface area contributed by atoms with Gasteiger partial charge in [-0.15, -0.1) is 12.6 Å². The highest BCUT2D eigenvalue weighted by atomic mass is 79.9. The van der Waals surface area contributed by atoms with Crippen LogP contribution < -0.4 is 10.1 Å². The maximum absolute atomic E-state index is 12.0. The molecule has 0 aliphatic heterocycles. The Morgan fingerprint density at radius 2 is 1.89 bits per heavy atom. The van der Waals surface area contributed by atoms with Crippen molar-refractivity contribution in [2.75, 3.05) is 12.4 Å². The molecule has 1 N–H and O–H groups in total. The zero-order chi connectivity index (χ0) is 13.8. The second-order valence-corrected chi connectivity index (χ2v) is 5.22. The van der Waals surface area contributed by atoms with Crippen molar-refractivity contribution < 1.29 is 9.53 Å². The first-order valence-corrected chi connectivity index (χ1v) is 6.78. The molecule has 2 rings (SSSR count). The summed E-state index contributed by atoms with van der Waals surface area (Å²) in [5, 5.41) is 2.81. The summed E-state index contributed by atoms with van der Waals surface area (Å²) in [7, 11) is 1.58. The average molecular weight is 338 g/mol. The SMILES string of the molecule is COc1cc(NC(=O)c2ccc(S)cc2)ccc1Br. The van der Waals surface area contributed by atoms with Crippen LogP contribution in [-0.2, 0) is 0 Å². The van der Waals surface area contributed by atoms with E-state index in [1.165, 1.54) is 0 Å². The van der Waals surface area contributed by atoms with Gasteiger partial charge < -0.3 is 10.1 Å². The number of methoxy groups -OCH3 is 1. The molecule has 5 heteroatoms. The molecule has 0 fully saturated rings. The van der Waals surface area contributed by atoms with E-state index in [-0.39, 0.29) is 5.91 Å². The third kappa shape index (κ3) is 3.52. The summed E-state index contributed by atoms with van der Waals surface area (Å²) >= 11 is 7.55. The minimum absolute atomic E-state index is 0.169. The summed E-state index contributed by atoms with van der Waals surface area (Å²) in [5.41, 5.74) is 1.26. The van der Waals surface area contributed by atoms with Crippen molar-refractivity contribution in [2.45, 2.75) is 4.90 Å². The van der Waals surface area contributed by atoms with Gasteiger partial charge in [-0.1, -0.05) is 0 Å². The summed E-state index contributed by atoms with van der Waals surface area (Å²) in [6, 6.07) is 12.4. The Labute approximate surface area is 125 Å². The van der Waals surface area contributed by atoms with E-state index in [4.69, 9.17) is 4.74 Å². The first-order chi connectivity index (χ1) is 9.10. The van der Waals surface area contributed by atoms with Gasteiger partial charge in [0.15, 0.2) is 0 Å². The summed E-state index contributed by atoms with van der Waals surface area (Å²) < 4.78 is 6.02. The smallest absolute Gasteiger partial charge is 0.255 e. The largest absolute Gasteiger partial charge is 0.495 e. The molecule has 0 aromatic heterocycles. The Bertz CT molecular complexity index is 599. The number of carbonyl (C=O) groups is 1. The predicted octanol–water partition coefficient (Wildman–Crippen LogP) is 4.00. The molecule has 0 unspecified atom stereocenters. The first-order valence-electron chi connectivity index (χ1n) is 5.54. The Morgan fingerprint density at radius 1 is 1.21 bits per heavy atom. The molecule has 0 heterocycles. The Balaban J connectivity index is 2.17. The predicted molar refractivity (Wildman–Crippen MR) is 82.3 cm³/mol. The molecule has 2 aromatic carbocycles. The monoisotopic (exact) mass is 337 g/mol. The van der Waals surface area contributed by atoms with Gasteiger partial charge in [-0.05, 0) is 52.3 Å². The van der Waals surface area contributed by atoms with Crippen LogP contribution in [0.4, 0.5) is 5.69 Å². The number of carbonyl (C=O) groups excluding carboxylic acids is 1. The Morgan fingerprint density at radius 3 is 2.53 bits per heavy atom. The van der Waals surface area contributed by atoms with Crippen molar-refractivity contribution in [3.05, 3.63) is 52.5 Å². The van der Waals surface area contributed by atoms with E-state index in [2.05, 4.69) is 33.9 Å². The topological polar surface area (TPSA) is 38.3 Å². The van der Waals surface area contributed by atoms with Gasteiger partial charge in [-0.2, -0.15) is 0 Å². The maximum atomic E-state index is 12.0. The van der Waals surface area contributed by atoms with E-state index in [1.807, 2.05) is 6.07 Å². The van der Waals surface area contributed by atoms with Crippen LogP contribution in [0.3, 0.4) is 0 Å². The molecule has 0 saturated heterocycles. The van der Waals surface area contributed by atoms with Crippen LogP contribution in [0.2, 0.25) is 0 Å². The minimum atomic E-state index is -0.169. The van der Waals surface area contributed by atoms with Crippen LogP contribution >= 0.6 is 28.6 Å². The minimum Gasteiger partial charge on any atom is -0.495 e. The van der Waals surface area contributed by atoms with Gasteiger partial charge in [0.25, 0.3) is 5.91 Å². The molecule has 19 heavy (non-hydrogen) atoms. The Hall–Kier alpha value is -1.46. The standard InChI is InChI=1S/C14H12BrNO2S/c1-18-13-8-10(4-7-12(13)15)16-14(17)9-2-5-11(19)6-3-9/h2-8,19H,1H3,(H,16,17). The zero-order valence-corrected chi connectivity index (χ0v) is 12.7. The summed E-state index contributed by atoms with van der Waals surface area (Å²) in [6.45, 7) is 0. The number of nitrogens with one attached hydrogen (secondary N) is 1. The molecule has 0 spiro atoms. The van der Waals surface area contributed by atoms with Crippen molar-refractivity contribution in [1.82, 2.24) is 0 Å². The van der Waals surface area contributed by atoms with Crippen LogP contribution in [0.15, 0.2) is 51.8 Å². The van der Waals surface area contributed by atoms with E-state index in [9.17, 15) is 4.79 Å². The summed E-state index contributed by atoms with van der Waals surface area (Å²) in [4.78, 5) is 12.8. The molecule has 2 aromatic rings. The number of rotatable bonds is 3. The number of thiol groups is 1. The van der Waals surface area contributed by atoms with E-state index in [1.54, 1.807) is 43.5 Å². The van der Waals surface area contributed by atoms with Crippen LogP contribution in [0.1, 0.15) is 10.4 Å². The van der Waals surface area contributed by atoms with Crippen LogP contribution in [0, 0.1) is 0 Å². The lowest BCUT2D eigenvalue weighted by atomic mass is 10.2. The molecule has 1 amide bonds. The molecule has 3 nitrogen and oxygen atoms in total. The second kappa shape index (κ2) is 6.12. The van der Waals surface area contributed by atoms with Gasteiger partial charge in [0.1, 0.15) is 5.75 Å². The molecule has 0 aliphatic carbocycles. The summed E-state index contributed by atoms with van der Waals surface area (Å²) in [5.74, 6) is 0.501. The average Bonchev–Trinajstić information content (AvgIpc) is 2.41. The number of benzene rings is 2. The van der Waals surface area contributed by atoms with E-state index in [0.717, 1.165) is 9.37 Å². The normalized spacial score (nSPS) is 10.1. The van der Waals surface area contributed by atoms with E-state index < -0.39 is 0 Å². The third-order valence-corrected chi connectivity index (χ3v) is 3.49. The molecule has 0 aliphatic rings. The number of anilines is 1. The van der Waals surface area contributed by atoms with Crippen LogP contribution in [-0.4, -0.2) is 13.0 Å². The fraction of sp³-hybridized carbons (Fsp3) is 0.0714. The fourth-order valence-electron chi connectivity index (χ4n) is 1.55. The number of ether oxygens (including phenoxy) is 1. The van der Waals surface area contributed by atoms with Gasteiger partial charge >= 0.3 is 0 Å². The van der Waals surface area contributed by atoms with Crippen molar-refractivity contribution >= 4 is 40.2 Å². The number of hydrogen-bond acceptors (Lipinski definition) is 3. The van der Waals surface area contributed by atoms with Crippen molar-refractivity contribution in [1.29, 1.82) is 0 Å². The number of amides is 1. The van der Waals surface area contributed by atoms with Crippen molar-refractivity contribution in [3.63, 3.8) is 0 Å². The lowest BCUT2D eigenvalue weighted by Gasteiger charge is -2.08. The van der Waals surface area contributed by atoms with Gasteiger partial charge in [0.05, 0.1) is 11.6 Å². The molecule has 98 valence electrons. The highest BCUT2D eigenvalue weighted by molar-refractivity contribution is 9.10. The third-order valence-electron chi connectivity index (χ3n) is 2.54. The van der Waals surface area contributed by atoms with Gasteiger partial charge in [0, 0.05) is 22.2 Å². The number of halogens is 1. The quantitative estimate of drug-likeness (QED) is 0.831. The van der Waals surface area contributed by atoms with Crippen LogP contribution in [0.25, 0.3) is 0 Å². The summed E-state index contributed by atoms with van der Waals surface area (Å²) in [6.07, 6.45) is 0. The first kappa shape index (κ1) is 14.0. The highest BCUT2D eigenvalue weighted by Crippen LogP contribution is 2.28. The maximum Gasteiger partial charge on any atom is 0.255 e. The molecule has 0 radical (unpaired) electrons. The van der Waals surface area contributed by atoms with Gasteiger partial charge in [-0.25, -0.2) is 0 Å². The van der Waals surface area contributed by atoms with E-state index >= 15 is 0 Å².